The van der Waals surface area contributed by atoms with Gasteiger partial charge in [-0.3, -0.25) is 0 Å². The highest BCUT2D eigenvalue weighted by atomic mass is 15.1. The number of nitrogens with zero attached hydrogens (tertiary/aromatic N) is 1. The van der Waals surface area contributed by atoms with Crippen LogP contribution in [-0.2, 0) is 11.0 Å². The van der Waals surface area contributed by atoms with Gasteiger partial charge in [0.25, 0.3) is 0 Å². The van der Waals surface area contributed by atoms with Gasteiger partial charge in [0.1, 0.15) is 0 Å². The van der Waals surface area contributed by atoms with Gasteiger partial charge in [0.05, 0.1) is 5.54 Å². The number of fused-ring (bicyclic) bond motifs is 4. The van der Waals surface area contributed by atoms with Crippen LogP contribution in [0.4, 0.5) is 0 Å². The van der Waals surface area contributed by atoms with E-state index in [9.17, 15) is 0 Å². The summed E-state index contributed by atoms with van der Waals surface area (Å²) < 4.78 is 2.60. The molecule has 1 unspecified atom stereocenters. The van der Waals surface area contributed by atoms with E-state index in [2.05, 4.69) is 185 Å². The Kier molecular flexibility index (Phi) is 6.84. The summed E-state index contributed by atoms with van der Waals surface area (Å²) in [6.45, 7) is 11.6. The first kappa shape index (κ1) is 29.3. The third kappa shape index (κ3) is 4.84. The van der Waals surface area contributed by atoms with Gasteiger partial charge in [-0.2, -0.15) is 0 Å². The molecule has 0 aliphatic heterocycles. The minimum Gasteiger partial charge on any atom is -0.331 e. The Morgan fingerprint density at radius 2 is 1.38 bits per heavy atom. The molecule has 1 nitrogen and oxygen atoms in total. The monoisotopic (exact) mass is 607 g/mol. The van der Waals surface area contributed by atoms with Gasteiger partial charge in [0.15, 0.2) is 0 Å². The first-order valence-corrected chi connectivity index (χ1v) is 16.8. The Hall–Kier alpha value is -5.14. The smallest absolute Gasteiger partial charge is 0.0646 e. The molecular formula is C46H41N. The lowest BCUT2D eigenvalue weighted by atomic mass is 9.76. The van der Waals surface area contributed by atoms with Gasteiger partial charge in [0.2, 0.25) is 0 Å². The predicted molar refractivity (Wildman–Crippen MR) is 201 cm³/mol. The molecule has 0 saturated carbocycles. The summed E-state index contributed by atoms with van der Waals surface area (Å²) >= 11 is 0. The summed E-state index contributed by atoms with van der Waals surface area (Å²) in [5.41, 5.74) is 16.7. The maximum absolute atomic E-state index is 2.60. The lowest BCUT2D eigenvalue weighted by Crippen LogP contribution is -2.32. The second kappa shape index (κ2) is 11.0. The SMILES string of the molecule is C/C(=C\c1cc(-c2ccc3c(c2)cc(-c2ccccc2)n3C2(C)C=C3C(=CC2)c2ccccc2C3(C)C)ccc1C)c1ccccc1. The molecule has 47 heavy (non-hydrogen) atoms. The van der Waals surface area contributed by atoms with E-state index in [1.807, 2.05) is 0 Å². The highest BCUT2D eigenvalue weighted by molar-refractivity contribution is 5.94. The maximum atomic E-state index is 2.60. The van der Waals surface area contributed by atoms with E-state index in [1.165, 1.54) is 77.8 Å². The van der Waals surface area contributed by atoms with Crippen LogP contribution in [0.3, 0.4) is 0 Å². The summed E-state index contributed by atoms with van der Waals surface area (Å²) in [4.78, 5) is 0. The molecule has 0 fully saturated rings. The second-order valence-electron chi connectivity index (χ2n) is 14.2. The highest BCUT2D eigenvalue weighted by Gasteiger charge is 2.42. The molecule has 6 aromatic rings. The molecule has 0 saturated heterocycles. The van der Waals surface area contributed by atoms with Crippen LogP contribution >= 0.6 is 0 Å². The third-order valence-electron chi connectivity index (χ3n) is 10.6. The molecule has 8 rings (SSSR count). The van der Waals surface area contributed by atoms with Crippen LogP contribution in [0.2, 0.25) is 0 Å². The van der Waals surface area contributed by atoms with Gasteiger partial charge in [-0.15, -0.1) is 0 Å². The number of aryl methyl sites for hydroxylation is 1. The summed E-state index contributed by atoms with van der Waals surface area (Å²) in [6.07, 6.45) is 8.33. The number of rotatable bonds is 5. The molecule has 0 spiro atoms. The van der Waals surface area contributed by atoms with Gasteiger partial charge in [-0.05, 0) is 113 Å². The number of hydrogen-bond acceptors (Lipinski definition) is 0. The van der Waals surface area contributed by atoms with E-state index in [4.69, 9.17) is 0 Å². The van der Waals surface area contributed by atoms with Gasteiger partial charge in [0, 0.05) is 22.0 Å². The van der Waals surface area contributed by atoms with Crippen molar-refractivity contribution in [2.75, 3.05) is 0 Å². The Balaban J connectivity index is 1.25. The molecule has 1 atom stereocenters. The fraction of sp³-hybridized carbons (Fsp3) is 0.174. The molecule has 1 heterocycles. The molecule has 1 aromatic heterocycles. The van der Waals surface area contributed by atoms with E-state index < -0.39 is 0 Å². The minimum absolute atomic E-state index is 0.0381. The highest BCUT2D eigenvalue weighted by Crippen LogP contribution is 2.54. The fourth-order valence-electron chi connectivity index (χ4n) is 7.96. The molecule has 2 aliphatic rings. The van der Waals surface area contributed by atoms with Gasteiger partial charge >= 0.3 is 0 Å². The van der Waals surface area contributed by atoms with Crippen LogP contribution in [0.25, 0.3) is 50.5 Å². The van der Waals surface area contributed by atoms with E-state index in [1.54, 1.807) is 0 Å². The average molecular weight is 608 g/mol. The Morgan fingerprint density at radius 1 is 0.702 bits per heavy atom. The van der Waals surface area contributed by atoms with Crippen LogP contribution in [0.15, 0.2) is 145 Å². The lowest BCUT2D eigenvalue weighted by molar-refractivity contribution is 0.422. The average Bonchev–Trinajstić information content (AvgIpc) is 3.59. The summed E-state index contributed by atoms with van der Waals surface area (Å²) in [5.74, 6) is 0. The van der Waals surface area contributed by atoms with Crippen molar-refractivity contribution in [2.24, 2.45) is 0 Å². The van der Waals surface area contributed by atoms with E-state index in [-0.39, 0.29) is 11.0 Å². The van der Waals surface area contributed by atoms with Crippen molar-refractivity contribution in [3.63, 3.8) is 0 Å². The van der Waals surface area contributed by atoms with Crippen molar-refractivity contribution >= 4 is 28.1 Å². The van der Waals surface area contributed by atoms with E-state index in [0.717, 1.165) is 6.42 Å². The van der Waals surface area contributed by atoms with Crippen molar-refractivity contribution in [3.8, 4) is 22.4 Å². The van der Waals surface area contributed by atoms with Crippen molar-refractivity contribution in [1.82, 2.24) is 4.57 Å². The zero-order valence-electron chi connectivity index (χ0n) is 28.0. The normalized spacial score (nSPS) is 18.4. The Bertz CT molecular complexity index is 2260. The standard InChI is InChI=1S/C46H41N/c1-31-20-21-35(27-37(31)26-32(2)33-14-8-6-9-15-33)36-22-23-43-38(28-36)29-44(34-16-10-7-11-17-34)47(43)46(5)25-24-40-39-18-12-13-19-41(39)45(3,4)42(40)30-46/h6-24,26-30H,25H2,1-5H3/b32-26+. The summed E-state index contributed by atoms with van der Waals surface area (Å²) in [7, 11) is 0. The lowest BCUT2D eigenvalue weighted by Gasteiger charge is -2.36. The van der Waals surface area contributed by atoms with Gasteiger partial charge < -0.3 is 4.57 Å². The molecule has 230 valence electrons. The number of aromatic nitrogens is 1. The molecule has 0 amide bonds. The summed E-state index contributed by atoms with van der Waals surface area (Å²) in [6, 6.07) is 46.8. The number of hydrogen-bond donors (Lipinski definition) is 0. The summed E-state index contributed by atoms with van der Waals surface area (Å²) in [5, 5.41) is 1.27. The zero-order chi connectivity index (χ0) is 32.3. The second-order valence-corrected chi connectivity index (χ2v) is 14.2. The van der Waals surface area contributed by atoms with Gasteiger partial charge in [-0.1, -0.05) is 135 Å². The molecule has 2 aliphatic carbocycles. The van der Waals surface area contributed by atoms with Crippen molar-refractivity contribution in [2.45, 2.75) is 52.0 Å². The first-order chi connectivity index (χ1) is 22.7. The van der Waals surface area contributed by atoms with Crippen LogP contribution in [0.1, 0.15) is 61.9 Å². The fourth-order valence-corrected chi connectivity index (χ4v) is 7.96. The molecule has 0 N–H and O–H groups in total. The van der Waals surface area contributed by atoms with Crippen molar-refractivity contribution < 1.29 is 0 Å². The first-order valence-electron chi connectivity index (χ1n) is 16.8. The largest absolute Gasteiger partial charge is 0.331 e. The van der Waals surface area contributed by atoms with Crippen molar-refractivity contribution in [3.05, 3.63) is 173 Å². The quantitative estimate of drug-likeness (QED) is 0.172. The minimum atomic E-state index is -0.219. The molecule has 5 aromatic carbocycles. The molecule has 0 radical (unpaired) electrons. The molecule has 0 bridgehead atoms. The predicted octanol–water partition coefficient (Wildman–Crippen LogP) is 12.3. The topological polar surface area (TPSA) is 4.93 Å². The number of benzene rings is 5. The van der Waals surface area contributed by atoms with Crippen LogP contribution in [0, 0.1) is 6.92 Å². The van der Waals surface area contributed by atoms with E-state index >= 15 is 0 Å². The van der Waals surface area contributed by atoms with Gasteiger partial charge in [-0.25, -0.2) is 0 Å². The van der Waals surface area contributed by atoms with E-state index in [0.29, 0.717) is 0 Å². The van der Waals surface area contributed by atoms with Crippen molar-refractivity contribution in [1.29, 1.82) is 0 Å². The zero-order valence-corrected chi connectivity index (χ0v) is 28.0. The van der Waals surface area contributed by atoms with Crippen LogP contribution in [0.5, 0.6) is 0 Å². The molecular weight excluding hydrogens is 567 g/mol. The molecule has 1 heteroatoms. The Morgan fingerprint density at radius 3 is 2.17 bits per heavy atom. The maximum Gasteiger partial charge on any atom is 0.0646 e. The van der Waals surface area contributed by atoms with Crippen LogP contribution in [-0.4, -0.2) is 4.57 Å². The Labute approximate surface area is 279 Å². The third-order valence-corrected chi connectivity index (χ3v) is 10.6. The van der Waals surface area contributed by atoms with Crippen LogP contribution < -0.4 is 0 Å². The number of allylic oxidation sites excluding steroid dienone is 5.